The van der Waals surface area contributed by atoms with Crippen molar-refractivity contribution in [1.29, 1.82) is 0 Å². The average Bonchev–Trinajstić information content (AvgIpc) is 2.61. The van der Waals surface area contributed by atoms with Crippen LogP contribution in [0.25, 0.3) is 0 Å². The van der Waals surface area contributed by atoms with Crippen LogP contribution in [0.4, 0.5) is 0 Å². The fourth-order valence-electron chi connectivity index (χ4n) is 4.84. The number of nitrogens with one attached hydrogen (secondary N) is 1. The van der Waals surface area contributed by atoms with Crippen LogP contribution >= 0.6 is 0 Å². The Hall–Kier alpha value is -1.90. The van der Waals surface area contributed by atoms with Crippen molar-refractivity contribution >= 4 is 11.6 Å². The number of amides is 1. The third-order valence-corrected chi connectivity index (χ3v) is 6.68. The van der Waals surface area contributed by atoms with E-state index in [-0.39, 0.29) is 11.3 Å². The van der Waals surface area contributed by atoms with Gasteiger partial charge in [-0.05, 0) is 74.3 Å². The molecule has 0 spiro atoms. The van der Waals surface area contributed by atoms with E-state index in [0.29, 0.717) is 16.9 Å². The molecule has 0 heterocycles. The summed E-state index contributed by atoms with van der Waals surface area (Å²) < 4.78 is 0. The second-order valence-corrected chi connectivity index (χ2v) is 9.74. The van der Waals surface area contributed by atoms with E-state index in [2.05, 4.69) is 38.2 Å². The summed E-state index contributed by atoms with van der Waals surface area (Å²) in [7, 11) is 0. The first-order valence-electron chi connectivity index (χ1n) is 10.3. The average molecular weight is 367 g/mol. The van der Waals surface area contributed by atoms with Gasteiger partial charge >= 0.3 is 0 Å². The van der Waals surface area contributed by atoms with Crippen LogP contribution in [0.1, 0.15) is 83.5 Å². The number of allylic oxidation sites excluding steroid dienone is 2. The number of carbonyl (C=O) groups excluding carboxylic acids is 1. The molecule has 1 aromatic carbocycles. The molecule has 1 amide bonds. The van der Waals surface area contributed by atoms with Gasteiger partial charge in [0.25, 0.3) is 5.91 Å². The van der Waals surface area contributed by atoms with Crippen LogP contribution in [0.5, 0.6) is 0 Å². The lowest BCUT2D eigenvalue weighted by molar-refractivity contribution is 0.0954. The molecule has 0 aromatic heterocycles. The molecule has 27 heavy (non-hydrogen) atoms. The number of nitrogens with zero attached hydrogens (tertiary/aromatic N) is 1. The van der Waals surface area contributed by atoms with Crippen molar-refractivity contribution in [3.63, 3.8) is 0 Å². The summed E-state index contributed by atoms with van der Waals surface area (Å²) in [5.41, 5.74) is 8.44. The minimum Gasteiger partial charge on any atom is -0.267 e. The number of benzene rings is 1. The van der Waals surface area contributed by atoms with E-state index in [9.17, 15) is 4.79 Å². The molecule has 0 bridgehead atoms. The van der Waals surface area contributed by atoms with Gasteiger partial charge in [-0.15, -0.1) is 0 Å². The molecule has 1 atom stereocenters. The van der Waals surface area contributed by atoms with Crippen LogP contribution in [0.3, 0.4) is 0 Å². The van der Waals surface area contributed by atoms with Crippen LogP contribution in [0.15, 0.2) is 46.6 Å². The third-order valence-electron chi connectivity index (χ3n) is 6.68. The van der Waals surface area contributed by atoms with E-state index in [0.717, 1.165) is 12.1 Å². The van der Waals surface area contributed by atoms with Crippen LogP contribution in [0, 0.1) is 16.7 Å². The SMILES string of the molecule is C/C(CC1CC2=C(CC1(C)C)C(C)(C)CCC2)=N/NC(=O)c1ccccc1. The quantitative estimate of drug-likeness (QED) is 0.389. The highest BCUT2D eigenvalue weighted by molar-refractivity contribution is 5.95. The van der Waals surface area contributed by atoms with E-state index >= 15 is 0 Å². The zero-order chi connectivity index (χ0) is 19.7. The molecule has 3 heteroatoms. The van der Waals surface area contributed by atoms with Gasteiger partial charge in [0.05, 0.1) is 0 Å². The molecule has 0 aliphatic heterocycles. The second-order valence-electron chi connectivity index (χ2n) is 9.74. The number of hydrogen-bond acceptors (Lipinski definition) is 2. The lowest BCUT2D eigenvalue weighted by Crippen LogP contribution is -2.36. The van der Waals surface area contributed by atoms with Gasteiger partial charge in [0.2, 0.25) is 0 Å². The van der Waals surface area contributed by atoms with Crippen molar-refractivity contribution in [3.8, 4) is 0 Å². The molecule has 0 fully saturated rings. The molecule has 1 N–H and O–H groups in total. The fraction of sp³-hybridized carbons (Fsp3) is 0.583. The number of hydrazone groups is 1. The Labute approximate surface area is 164 Å². The van der Waals surface area contributed by atoms with Crippen LogP contribution < -0.4 is 5.43 Å². The largest absolute Gasteiger partial charge is 0.271 e. The highest BCUT2D eigenvalue weighted by Gasteiger charge is 2.41. The molecule has 0 saturated heterocycles. The zero-order valence-electron chi connectivity index (χ0n) is 17.6. The molecular formula is C24H34N2O. The van der Waals surface area contributed by atoms with Crippen molar-refractivity contribution in [2.45, 2.75) is 73.1 Å². The smallest absolute Gasteiger partial charge is 0.267 e. The van der Waals surface area contributed by atoms with Crippen molar-refractivity contribution in [2.24, 2.45) is 21.8 Å². The van der Waals surface area contributed by atoms with Crippen molar-refractivity contribution < 1.29 is 4.79 Å². The Bertz CT molecular complexity index is 756. The molecule has 2 aliphatic rings. The first-order valence-corrected chi connectivity index (χ1v) is 10.3. The molecule has 0 radical (unpaired) electrons. The summed E-state index contributed by atoms with van der Waals surface area (Å²) in [4.78, 5) is 12.2. The first-order chi connectivity index (χ1) is 12.7. The fourth-order valence-corrected chi connectivity index (χ4v) is 4.84. The third kappa shape index (κ3) is 4.51. The van der Waals surface area contributed by atoms with E-state index in [1.54, 1.807) is 11.1 Å². The van der Waals surface area contributed by atoms with Gasteiger partial charge in [-0.25, -0.2) is 5.43 Å². The van der Waals surface area contributed by atoms with E-state index < -0.39 is 0 Å². The molecule has 1 aromatic rings. The molecule has 2 aliphatic carbocycles. The Kier molecular flexibility index (Phi) is 5.60. The predicted molar refractivity (Wildman–Crippen MR) is 113 cm³/mol. The van der Waals surface area contributed by atoms with Crippen LogP contribution in [0.2, 0.25) is 0 Å². The predicted octanol–water partition coefficient (Wildman–Crippen LogP) is 6.13. The normalized spacial score (nSPS) is 24.3. The van der Waals surface area contributed by atoms with E-state index in [4.69, 9.17) is 0 Å². The molecular weight excluding hydrogens is 332 g/mol. The Morgan fingerprint density at radius 1 is 1.19 bits per heavy atom. The van der Waals surface area contributed by atoms with Gasteiger partial charge in [0, 0.05) is 11.3 Å². The second kappa shape index (κ2) is 7.61. The van der Waals surface area contributed by atoms with E-state index in [1.807, 2.05) is 37.3 Å². The lowest BCUT2D eigenvalue weighted by Gasteiger charge is -2.47. The van der Waals surface area contributed by atoms with Crippen LogP contribution in [-0.4, -0.2) is 11.6 Å². The minimum absolute atomic E-state index is 0.142. The Morgan fingerprint density at radius 2 is 1.89 bits per heavy atom. The van der Waals surface area contributed by atoms with Gasteiger partial charge < -0.3 is 0 Å². The summed E-state index contributed by atoms with van der Waals surface area (Å²) >= 11 is 0. The molecule has 146 valence electrons. The number of rotatable bonds is 4. The van der Waals surface area contributed by atoms with E-state index in [1.165, 1.54) is 32.1 Å². The summed E-state index contributed by atoms with van der Waals surface area (Å²) in [5, 5.41) is 4.39. The number of hydrogen-bond donors (Lipinski definition) is 1. The summed E-state index contributed by atoms with van der Waals surface area (Å²) in [5.74, 6) is 0.444. The maximum atomic E-state index is 12.2. The topological polar surface area (TPSA) is 41.5 Å². The highest BCUT2D eigenvalue weighted by Crippen LogP contribution is 2.54. The minimum atomic E-state index is -0.142. The van der Waals surface area contributed by atoms with Gasteiger partial charge in [-0.2, -0.15) is 5.10 Å². The van der Waals surface area contributed by atoms with Crippen molar-refractivity contribution in [2.75, 3.05) is 0 Å². The Balaban J connectivity index is 1.68. The standard InChI is InChI=1S/C24H34N2O/c1-17(25-26-22(27)18-10-7-6-8-11-18)14-20-15-19-12-9-13-23(2,3)21(19)16-24(20,4)5/h6-8,10-11,20H,9,12-16H2,1-5H3,(H,26,27)/b25-17-. The molecule has 3 nitrogen and oxygen atoms in total. The van der Waals surface area contributed by atoms with Crippen LogP contribution in [-0.2, 0) is 0 Å². The zero-order valence-corrected chi connectivity index (χ0v) is 17.6. The van der Waals surface area contributed by atoms with Gasteiger partial charge in [-0.1, -0.05) is 57.0 Å². The van der Waals surface area contributed by atoms with Crippen molar-refractivity contribution in [1.82, 2.24) is 5.43 Å². The lowest BCUT2D eigenvalue weighted by atomic mass is 9.57. The summed E-state index contributed by atoms with van der Waals surface area (Å²) in [6, 6.07) is 9.26. The number of carbonyl (C=O) groups is 1. The van der Waals surface area contributed by atoms with Crippen molar-refractivity contribution in [3.05, 3.63) is 47.0 Å². The maximum Gasteiger partial charge on any atom is 0.271 e. The monoisotopic (exact) mass is 366 g/mol. The van der Waals surface area contributed by atoms with Gasteiger partial charge in [-0.3, -0.25) is 4.79 Å². The van der Waals surface area contributed by atoms with Gasteiger partial charge in [0.15, 0.2) is 0 Å². The molecule has 1 unspecified atom stereocenters. The maximum absolute atomic E-state index is 12.2. The molecule has 0 saturated carbocycles. The molecule has 3 rings (SSSR count). The first kappa shape index (κ1) is 19.9. The van der Waals surface area contributed by atoms with Gasteiger partial charge in [0.1, 0.15) is 0 Å². The summed E-state index contributed by atoms with van der Waals surface area (Å²) in [6.45, 7) is 11.7. The highest BCUT2D eigenvalue weighted by atomic mass is 16.2. The summed E-state index contributed by atoms with van der Waals surface area (Å²) in [6.07, 6.45) is 7.23. The Morgan fingerprint density at radius 3 is 2.59 bits per heavy atom.